The van der Waals surface area contributed by atoms with Gasteiger partial charge in [0.2, 0.25) is 5.91 Å². The highest BCUT2D eigenvalue weighted by atomic mass is 16.4. The molecule has 2 N–H and O–H groups in total. The van der Waals surface area contributed by atoms with Crippen LogP contribution >= 0.6 is 0 Å². The van der Waals surface area contributed by atoms with Crippen molar-refractivity contribution < 1.29 is 14.7 Å². The maximum Gasteiger partial charge on any atom is 0.407 e. The van der Waals surface area contributed by atoms with Crippen molar-refractivity contribution in [3.05, 3.63) is 36.5 Å². The van der Waals surface area contributed by atoms with Crippen molar-refractivity contribution in [2.24, 2.45) is 0 Å². The first-order valence-electron chi connectivity index (χ1n) is 10.2. The second-order valence-corrected chi connectivity index (χ2v) is 6.61. The summed E-state index contributed by atoms with van der Waals surface area (Å²) in [5.74, 6) is -0.277. The first-order chi connectivity index (χ1) is 13.1. The summed E-state index contributed by atoms with van der Waals surface area (Å²) in [6.07, 6.45) is 23.1. The molecule has 0 unspecified atom stereocenters. The fraction of sp³-hybridized carbons (Fsp3) is 0.636. The van der Waals surface area contributed by atoms with Gasteiger partial charge in [0.1, 0.15) is 6.54 Å². The average molecular weight is 379 g/mol. The van der Waals surface area contributed by atoms with Crippen LogP contribution in [0.3, 0.4) is 0 Å². The third kappa shape index (κ3) is 17.1. The summed E-state index contributed by atoms with van der Waals surface area (Å²) in [6.45, 7) is 2.54. The minimum atomic E-state index is -1.04. The number of amides is 2. The first-order valence-corrected chi connectivity index (χ1v) is 10.2. The summed E-state index contributed by atoms with van der Waals surface area (Å²) in [5.41, 5.74) is 0. The van der Waals surface area contributed by atoms with Crippen LogP contribution in [0.15, 0.2) is 36.5 Å². The molecule has 0 fully saturated rings. The van der Waals surface area contributed by atoms with Gasteiger partial charge in [0.25, 0.3) is 0 Å². The van der Waals surface area contributed by atoms with Gasteiger partial charge in [-0.15, -0.1) is 0 Å². The third-order valence-corrected chi connectivity index (χ3v) is 4.20. The highest BCUT2D eigenvalue weighted by molar-refractivity contribution is 5.81. The summed E-state index contributed by atoms with van der Waals surface area (Å²) in [5, 5.41) is 11.5. The number of rotatable bonds is 16. The van der Waals surface area contributed by atoms with Gasteiger partial charge in [0, 0.05) is 13.6 Å². The maximum atomic E-state index is 11.3. The zero-order chi connectivity index (χ0) is 20.2. The van der Waals surface area contributed by atoms with Crippen LogP contribution in [-0.2, 0) is 4.79 Å². The number of carbonyl (C=O) groups is 2. The Balaban J connectivity index is 3.62. The molecule has 0 aromatic carbocycles. The molecule has 0 aliphatic rings. The van der Waals surface area contributed by atoms with Gasteiger partial charge in [-0.1, -0.05) is 62.6 Å². The summed E-state index contributed by atoms with van der Waals surface area (Å²) >= 11 is 0. The van der Waals surface area contributed by atoms with Crippen LogP contribution in [0.2, 0.25) is 0 Å². The molecule has 154 valence electrons. The van der Waals surface area contributed by atoms with Crippen LogP contribution in [0, 0.1) is 0 Å². The molecule has 0 spiro atoms. The molecule has 0 aliphatic carbocycles. The van der Waals surface area contributed by atoms with E-state index in [9.17, 15) is 9.59 Å². The van der Waals surface area contributed by atoms with Gasteiger partial charge in [-0.05, 0) is 44.9 Å². The van der Waals surface area contributed by atoms with Crippen molar-refractivity contribution in [3.8, 4) is 0 Å². The molecule has 0 atom stereocenters. The molecule has 0 bridgehead atoms. The lowest BCUT2D eigenvalue weighted by Crippen LogP contribution is -2.39. The number of allylic oxidation sites excluding steroid dienone is 6. The Bertz CT molecular complexity index is 470. The van der Waals surface area contributed by atoms with E-state index >= 15 is 0 Å². The number of hydrogen-bond acceptors (Lipinski definition) is 2. The Labute approximate surface area is 165 Å². The molecule has 2 amide bonds. The number of nitrogens with zero attached hydrogens (tertiary/aromatic N) is 1. The molecule has 0 saturated heterocycles. The highest BCUT2D eigenvalue weighted by Gasteiger charge is 2.14. The van der Waals surface area contributed by atoms with Gasteiger partial charge < -0.3 is 10.4 Å². The number of nitrogens with one attached hydrogen (secondary N) is 1. The van der Waals surface area contributed by atoms with Gasteiger partial charge in [-0.2, -0.15) is 0 Å². The summed E-state index contributed by atoms with van der Waals surface area (Å²) in [7, 11) is 1.51. The lowest BCUT2D eigenvalue weighted by atomic mass is 10.1. The van der Waals surface area contributed by atoms with Crippen molar-refractivity contribution >= 4 is 12.0 Å². The predicted molar refractivity (Wildman–Crippen MR) is 113 cm³/mol. The largest absolute Gasteiger partial charge is 0.465 e. The maximum absolute atomic E-state index is 11.3. The molecular formula is C22H38N2O3. The fourth-order valence-corrected chi connectivity index (χ4v) is 2.53. The monoisotopic (exact) mass is 378 g/mol. The molecule has 27 heavy (non-hydrogen) atoms. The molecule has 0 heterocycles. The molecule has 0 aromatic heterocycles. The quantitative estimate of drug-likeness (QED) is 0.283. The van der Waals surface area contributed by atoms with Crippen LogP contribution < -0.4 is 5.32 Å². The smallest absolute Gasteiger partial charge is 0.407 e. The average Bonchev–Trinajstić information content (AvgIpc) is 2.66. The molecule has 0 saturated carbocycles. The molecule has 5 nitrogen and oxygen atoms in total. The molecule has 0 aromatic rings. The van der Waals surface area contributed by atoms with Gasteiger partial charge in [-0.3, -0.25) is 9.69 Å². The van der Waals surface area contributed by atoms with Crippen molar-refractivity contribution in [3.63, 3.8) is 0 Å². The minimum Gasteiger partial charge on any atom is -0.465 e. The van der Waals surface area contributed by atoms with Gasteiger partial charge in [0.05, 0.1) is 0 Å². The van der Waals surface area contributed by atoms with Crippen molar-refractivity contribution in [2.45, 2.75) is 71.1 Å². The molecular weight excluding hydrogens is 340 g/mol. The highest BCUT2D eigenvalue weighted by Crippen LogP contribution is 2.04. The van der Waals surface area contributed by atoms with E-state index in [1.165, 1.54) is 32.7 Å². The van der Waals surface area contributed by atoms with E-state index in [-0.39, 0.29) is 12.5 Å². The molecule has 0 aliphatic heterocycles. The second-order valence-electron chi connectivity index (χ2n) is 6.61. The van der Waals surface area contributed by atoms with Crippen LogP contribution in [0.5, 0.6) is 0 Å². The first kappa shape index (κ1) is 25.0. The van der Waals surface area contributed by atoms with Crippen LogP contribution in [0.25, 0.3) is 0 Å². The van der Waals surface area contributed by atoms with Crippen molar-refractivity contribution in [1.29, 1.82) is 0 Å². The van der Waals surface area contributed by atoms with Gasteiger partial charge in [-0.25, -0.2) is 4.79 Å². The van der Waals surface area contributed by atoms with E-state index in [1.807, 2.05) is 0 Å². The standard InChI is InChI=1S/C22H38N2O3/c1-3-4-5-6-7-8-9-10-11-12-13-14-15-16-17-18-19-24(22(26)27)20-21(25)23-2/h7-8,10-11,13-14H,3-6,9,12,15-20H2,1-2H3,(H,23,25)(H,26,27)/b8-7+,11-10+,14-13+. The van der Waals surface area contributed by atoms with E-state index in [0.717, 1.165) is 43.4 Å². The van der Waals surface area contributed by atoms with Crippen molar-refractivity contribution in [2.75, 3.05) is 20.1 Å². The van der Waals surface area contributed by atoms with Gasteiger partial charge >= 0.3 is 6.09 Å². The predicted octanol–water partition coefficient (Wildman–Crippen LogP) is 5.30. The number of unbranched alkanes of at least 4 members (excludes halogenated alkanes) is 6. The Kier molecular flexibility index (Phi) is 17.3. The van der Waals surface area contributed by atoms with Gasteiger partial charge in [0.15, 0.2) is 0 Å². The summed E-state index contributed by atoms with van der Waals surface area (Å²) in [4.78, 5) is 23.5. The lowest BCUT2D eigenvalue weighted by Gasteiger charge is -2.17. The Hall–Kier alpha value is -2.04. The number of hydrogen-bond donors (Lipinski definition) is 2. The second kappa shape index (κ2) is 18.7. The zero-order valence-electron chi connectivity index (χ0n) is 17.2. The number of likely N-dealkylation sites (N-methyl/N-ethyl adjacent to an activating group) is 1. The zero-order valence-corrected chi connectivity index (χ0v) is 17.2. The van der Waals surface area contributed by atoms with E-state index in [0.29, 0.717) is 6.54 Å². The van der Waals surface area contributed by atoms with E-state index in [2.05, 4.69) is 48.7 Å². The summed E-state index contributed by atoms with van der Waals surface area (Å²) < 4.78 is 0. The lowest BCUT2D eigenvalue weighted by molar-refractivity contribution is -0.121. The van der Waals surface area contributed by atoms with Crippen molar-refractivity contribution in [1.82, 2.24) is 10.2 Å². The Morgan fingerprint density at radius 2 is 1.41 bits per heavy atom. The SMILES string of the molecule is CCCCC/C=C/C/C=C/C/C=C/CCCCCN(CC(=O)NC)C(=O)O. The third-order valence-electron chi connectivity index (χ3n) is 4.20. The van der Waals surface area contributed by atoms with E-state index in [4.69, 9.17) is 5.11 Å². The fourth-order valence-electron chi connectivity index (χ4n) is 2.53. The minimum absolute atomic E-state index is 0.0913. The summed E-state index contributed by atoms with van der Waals surface area (Å²) in [6, 6.07) is 0. The van der Waals surface area contributed by atoms with E-state index < -0.39 is 6.09 Å². The Morgan fingerprint density at radius 3 is 1.93 bits per heavy atom. The molecule has 0 radical (unpaired) electrons. The number of carbonyl (C=O) groups excluding carboxylic acids is 1. The molecule has 5 heteroatoms. The van der Waals surface area contributed by atoms with E-state index in [1.54, 1.807) is 0 Å². The van der Waals surface area contributed by atoms with Crippen LogP contribution in [0.4, 0.5) is 4.79 Å². The number of carboxylic acid groups (broad SMARTS) is 1. The normalized spacial score (nSPS) is 11.6. The Morgan fingerprint density at radius 1 is 0.852 bits per heavy atom. The van der Waals surface area contributed by atoms with Crippen LogP contribution in [0.1, 0.15) is 71.1 Å². The van der Waals surface area contributed by atoms with Crippen LogP contribution in [-0.4, -0.2) is 42.1 Å². The topological polar surface area (TPSA) is 69.6 Å². The molecule has 0 rings (SSSR count).